The second kappa shape index (κ2) is 10.3. The zero-order chi connectivity index (χ0) is 23.3. The number of carbonyl (C=O) groups excluding carboxylic acids is 2. The minimum atomic E-state index is -0.897. The van der Waals surface area contributed by atoms with Crippen LogP contribution in [0.15, 0.2) is 48.5 Å². The van der Waals surface area contributed by atoms with E-state index in [4.69, 9.17) is 9.84 Å². The molecule has 0 aliphatic heterocycles. The smallest absolute Gasteiger partial charge is 0.407 e. The Bertz CT molecular complexity index is 942. The van der Waals surface area contributed by atoms with Gasteiger partial charge in [-0.3, -0.25) is 9.59 Å². The van der Waals surface area contributed by atoms with Crippen molar-refractivity contribution in [2.45, 2.75) is 51.6 Å². The summed E-state index contributed by atoms with van der Waals surface area (Å²) in [5.41, 5.74) is 4.54. The second-order valence-electron chi connectivity index (χ2n) is 8.31. The molecule has 0 radical (unpaired) electrons. The summed E-state index contributed by atoms with van der Waals surface area (Å²) < 4.78 is 5.51. The summed E-state index contributed by atoms with van der Waals surface area (Å²) in [6.07, 6.45) is -0.302. The van der Waals surface area contributed by atoms with E-state index in [1.54, 1.807) is 11.8 Å². The second-order valence-corrected chi connectivity index (χ2v) is 8.31. The highest BCUT2D eigenvalue weighted by Crippen LogP contribution is 2.44. The molecule has 32 heavy (non-hydrogen) atoms. The first-order chi connectivity index (χ1) is 15.3. The van der Waals surface area contributed by atoms with Crippen LogP contribution in [0, 0.1) is 0 Å². The summed E-state index contributed by atoms with van der Waals surface area (Å²) in [6, 6.07) is 15.3. The first-order valence-electron chi connectivity index (χ1n) is 10.9. The third kappa shape index (κ3) is 5.28. The largest absolute Gasteiger partial charge is 0.481 e. The number of carbonyl (C=O) groups is 3. The van der Waals surface area contributed by atoms with Gasteiger partial charge in [0.25, 0.3) is 0 Å². The van der Waals surface area contributed by atoms with Crippen molar-refractivity contribution in [2.24, 2.45) is 0 Å². The highest BCUT2D eigenvalue weighted by molar-refractivity contribution is 5.85. The molecule has 7 nitrogen and oxygen atoms in total. The molecular formula is C25H30N2O5. The van der Waals surface area contributed by atoms with Crippen molar-refractivity contribution in [3.05, 3.63) is 59.7 Å². The van der Waals surface area contributed by atoms with Gasteiger partial charge in [-0.25, -0.2) is 4.79 Å². The van der Waals surface area contributed by atoms with E-state index >= 15 is 0 Å². The number of carboxylic acids is 1. The number of amides is 2. The number of hydrogen-bond acceptors (Lipinski definition) is 4. The van der Waals surface area contributed by atoms with Crippen LogP contribution in [0.2, 0.25) is 0 Å². The van der Waals surface area contributed by atoms with Crippen molar-refractivity contribution >= 4 is 18.0 Å². The molecule has 170 valence electrons. The number of nitrogens with zero attached hydrogens (tertiary/aromatic N) is 1. The highest BCUT2D eigenvalue weighted by atomic mass is 16.5. The molecular weight excluding hydrogens is 408 g/mol. The Balaban J connectivity index is 1.58. The van der Waals surface area contributed by atoms with Crippen LogP contribution >= 0.6 is 0 Å². The molecule has 0 fully saturated rings. The molecule has 1 aliphatic rings. The van der Waals surface area contributed by atoms with Crippen LogP contribution in [0.1, 0.15) is 50.7 Å². The highest BCUT2D eigenvalue weighted by Gasteiger charge is 2.30. The number of alkyl carbamates (subject to hydrolysis) is 1. The number of hydrogen-bond donors (Lipinski definition) is 2. The quantitative estimate of drug-likeness (QED) is 0.617. The molecule has 0 aromatic heterocycles. The van der Waals surface area contributed by atoms with Gasteiger partial charge < -0.3 is 20.1 Å². The van der Waals surface area contributed by atoms with E-state index in [9.17, 15) is 14.4 Å². The van der Waals surface area contributed by atoms with E-state index in [0.29, 0.717) is 13.0 Å². The van der Waals surface area contributed by atoms with Crippen LogP contribution < -0.4 is 5.32 Å². The van der Waals surface area contributed by atoms with E-state index in [-0.39, 0.29) is 30.9 Å². The predicted molar refractivity (Wildman–Crippen MR) is 121 cm³/mol. The molecule has 2 amide bonds. The van der Waals surface area contributed by atoms with Gasteiger partial charge in [0.15, 0.2) is 0 Å². The van der Waals surface area contributed by atoms with Gasteiger partial charge in [-0.1, -0.05) is 48.5 Å². The van der Waals surface area contributed by atoms with Crippen molar-refractivity contribution in [1.82, 2.24) is 10.2 Å². The van der Waals surface area contributed by atoms with Crippen molar-refractivity contribution < 1.29 is 24.2 Å². The SMILES string of the molecule is CC(C)N(CCCC(=O)O)C(=O)[C@H](C)NC(=O)OCC1c2ccccc2-c2ccccc21. The minimum absolute atomic E-state index is 0.00924. The molecule has 0 bridgehead atoms. The summed E-state index contributed by atoms with van der Waals surface area (Å²) in [4.78, 5) is 37.6. The van der Waals surface area contributed by atoms with Gasteiger partial charge >= 0.3 is 12.1 Å². The number of carboxylic acid groups (broad SMARTS) is 1. The monoisotopic (exact) mass is 438 g/mol. The van der Waals surface area contributed by atoms with Crippen LogP contribution in [-0.2, 0) is 14.3 Å². The number of nitrogens with one attached hydrogen (secondary N) is 1. The van der Waals surface area contributed by atoms with Crippen molar-refractivity contribution in [3.63, 3.8) is 0 Å². The molecule has 0 unspecified atom stereocenters. The van der Waals surface area contributed by atoms with Gasteiger partial charge in [0.2, 0.25) is 5.91 Å². The average Bonchev–Trinajstić information content (AvgIpc) is 3.08. The lowest BCUT2D eigenvalue weighted by Gasteiger charge is -2.29. The topological polar surface area (TPSA) is 95.9 Å². The zero-order valence-corrected chi connectivity index (χ0v) is 18.7. The lowest BCUT2D eigenvalue weighted by molar-refractivity contribution is -0.139. The molecule has 0 heterocycles. The van der Waals surface area contributed by atoms with Crippen LogP contribution in [0.5, 0.6) is 0 Å². The van der Waals surface area contributed by atoms with E-state index in [1.807, 2.05) is 50.2 Å². The molecule has 0 saturated heterocycles. The van der Waals surface area contributed by atoms with E-state index in [1.165, 1.54) is 0 Å². The van der Waals surface area contributed by atoms with Gasteiger partial charge in [0.1, 0.15) is 12.6 Å². The summed E-state index contributed by atoms with van der Waals surface area (Å²) in [6.45, 7) is 5.82. The minimum Gasteiger partial charge on any atom is -0.481 e. The number of fused-ring (bicyclic) bond motifs is 3. The Morgan fingerprint density at radius 3 is 2.09 bits per heavy atom. The molecule has 0 saturated carbocycles. The fraction of sp³-hybridized carbons (Fsp3) is 0.400. The number of benzene rings is 2. The van der Waals surface area contributed by atoms with Crippen LogP contribution in [0.3, 0.4) is 0 Å². The van der Waals surface area contributed by atoms with Crippen LogP contribution in [0.4, 0.5) is 4.79 Å². The summed E-state index contributed by atoms with van der Waals surface area (Å²) >= 11 is 0. The molecule has 1 aliphatic carbocycles. The fourth-order valence-corrected chi connectivity index (χ4v) is 4.15. The maximum Gasteiger partial charge on any atom is 0.407 e. The molecule has 3 rings (SSSR count). The summed E-state index contributed by atoms with van der Waals surface area (Å²) in [5.74, 6) is -1.22. The van der Waals surface area contributed by atoms with Crippen molar-refractivity contribution in [1.29, 1.82) is 0 Å². The summed E-state index contributed by atoms with van der Waals surface area (Å²) in [5, 5.41) is 11.4. The van der Waals surface area contributed by atoms with Crippen LogP contribution in [0.25, 0.3) is 11.1 Å². The zero-order valence-electron chi connectivity index (χ0n) is 18.7. The predicted octanol–water partition coefficient (Wildman–Crippen LogP) is 4.02. The molecule has 2 aromatic carbocycles. The lowest BCUT2D eigenvalue weighted by atomic mass is 9.98. The third-order valence-electron chi connectivity index (χ3n) is 5.74. The Morgan fingerprint density at radius 1 is 1.00 bits per heavy atom. The van der Waals surface area contributed by atoms with Gasteiger partial charge in [-0.15, -0.1) is 0 Å². The first kappa shape index (κ1) is 23.3. The maximum absolute atomic E-state index is 12.8. The van der Waals surface area contributed by atoms with Gasteiger partial charge in [0, 0.05) is 24.9 Å². The fourth-order valence-electron chi connectivity index (χ4n) is 4.15. The number of rotatable bonds is 9. The Morgan fingerprint density at radius 2 is 1.56 bits per heavy atom. The maximum atomic E-state index is 12.8. The van der Waals surface area contributed by atoms with Gasteiger partial charge in [-0.2, -0.15) is 0 Å². The number of aliphatic carboxylic acids is 1. The molecule has 2 aromatic rings. The van der Waals surface area contributed by atoms with Crippen LogP contribution in [-0.4, -0.2) is 53.2 Å². The number of ether oxygens (including phenoxy) is 1. The molecule has 7 heteroatoms. The Hall–Kier alpha value is -3.35. The molecule has 2 N–H and O–H groups in total. The van der Waals surface area contributed by atoms with Gasteiger partial charge in [-0.05, 0) is 49.4 Å². The normalized spacial score (nSPS) is 13.2. The van der Waals surface area contributed by atoms with E-state index < -0.39 is 18.1 Å². The average molecular weight is 439 g/mol. The third-order valence-corrected chi connectivity index (χ3v) is 5.74. The van der Waals surface area contributed by atoms with E-state index in [2.05, 4.69) is 17.4 Å². The van der Waals surface area contributed by atoms with E-state index in [0.717, 1.165) is 22.3 Å². The standard InChI is InChI=1S/C25H30N2O5/c1-16(2)27(14-8-13-23(28)29)24(30)17(3)26-25(31)32-15-22-20-11-6-4-9-18(20)19-10-5-7-12-21(19)22/h4-7,9-12,16-17,22H,8,13-15H2,1-3H3,(H,26,31)(H,28,29)/t17-/m0/s1. The Kier molecular flexibility index (Phi) is 7.51. The molecule has 1 atom stereocenters. The van der Waals surface area contributed by atoms with Gasteiger partial charge in [0.05, 0.1) is 0 Å². The van der Waals surface area contributed by atoms with Crippen molar-refractivity contribution in [3.8, 4) is 11.1 Å². The first-order valence-corrected chi connectivity index (χ1v) is 10.9. The van der Waals surface area contributed by atoms with Crippen molar-refractivity contribution in [2.75, 3.05) is 13.2 Å². The lowest BCUT2D eigenvalue weighted by Crippen LogP contribution is -2.49. The molecule has 0 spiro atoms. The summed E-state index contributed by atoms with van der Waals surface area (Å²) in [7, 11) is 0. The Labute approximate surface area is 188 Å².